The molecule has 0 aromatic heterocycles. The summed E-state index contributed by atoms with van der Waals surface area (Å²) in [5.41, 5.74) is 2.67. The number of hydrogen-bond acceptors (Lipinski definition) is 3. The Morgan fingerprint density at radius 1 is 1.11 bits per heavy atom. The highest BCUT2D eigenvalue weighted by atomic mass is 16.5. The molecule has 28 heavy (non-hydrogen) atoms. The van der Waals surface area contributed by atoms with E-state index in [1.165, 1.54) is 11.1 Å². The minimum atomic E-state index is 0.0798. The smallest absolute Gasteiger partial charge is 0.193 e. The minimum Gasteiger partial charge on any atom is -0.497 e. The monoisotopic (exact) mass is 381 g/mol. The quantitative estimate of drug-likeness (QED) is 0.615. The van der Waals surface area contributed by atoms with Crippen molar-refractivity contribution in [2.45, 2.75) is 24.8 Å². The van der Waals surface area contributed by atoms with Gasteiger partial charge in [0.25, 0.3) is 0 Å². The average molecular weight is 382 g/mol. The summed E-state index contributed by atoms with van der Waals surface area (Å²) in [7, 11) is 5.59. The number of methoxy groups -OCH3 is 1. The van der Waals surface area contributed by atoms with E-state index in [0.717, 1.165) is 50.9 Å². The van der Waals surface area contributed by atoms with Gasteiger partial charge in [0, 0.05) is 45.8 Å². The topological polar surface area (TPSA) is 46.1 Å². The molecule has 1 aliphatic heterocycles. The Balaban J connectivity index is 1.67. The maximum Gasteiger partial charge on any atom is 0.193 e. The van der Waals surface area contributed by atoms with E-state index in [9.17, 15) is 0 Å². The first-order valence-electron chi connectivity index (χ1n) is 9.85. The van der Waals surface area contributed by atoms with Crippen LogP contribution in [-0.2, 0) is 16.7 Å². The van der Waals surface area contributed by atoms with Crippen molar-refractivity contribution in [1.82, 2.24) is 10.2 Å². The Morgan fingerprint density at radius 3 is 2.39 bits per heavy atom. The predicted octanol–water partition coefficient (Wildman–Crippen LogP) is 3.45. The fraction of sp³-hybridized carbons (Fsp3) is 0.435. The summed E-state index contributed by atoms with van der Waals surface area (Å²) in [6.07, 6.45) is 2.03. The van der Waals surface area contributed by atoms with E-state index in [1.807, 2.05) is 19.2 Å². The summed E-state index contributed by atoms with van der Waals surface area (Å²) in [5, 5.41) is 3.62. The first kappa shape index (κ1) is 20.2. The number of nitrogens with one attached hydrogen (secondary N) is 1. The van der Waals surface area contributed by atoms with Crippen LogP contribution in [0, 0.1) is 0 Å². The number of aliphatic imine (C=N–C) groups is 1. The number of nitrogens with zero attached hydrogens (tertiary/aromatic N) is 2. The number of ether oxygens (including phenoxy) is 2. The Labute approximate surface area is 168 Å². The van der Waals surface area contributed by atoms with Crippen LogP contribution >= 0.6 is 0 Å². The summed E-state index contributed by atoms with van der Waals surface area (Å²) < 4.78 is 10.9. The van der Waals surface area contributed by atoms with E-state index in [2.05, 4.69) is 64.7 Å². The van der Waals surface area contributed by atoms with Gasteiger partial charge in [0.2, 0.25) is 0 Å². The molecule has 2 aromatic rings. The fourth-order valence-corrected chi connectivity index (χ4v) is 3.83. The van der Waals surface area contributed by atoms with Gasteiger partial charge in [0.15, 0.2) is 5.96 Å². The highest BCUT2D eigenvalue weighted by Gasteiger charge is 2.34. The Morgan fingerprint density at radius 2 is 1.79 bits per heavy atom. The van der Waals surface area contributed by atoms with E-state index < -0.39 is 0 Å². The summed E-state index contributed by atoms with van der Waals surface area (Å²) in [6, 6.07) is 18.9. The molecule has 1 N–H and O–H groups in total. The van der Waals surface area contributed by atoms with Crippen molar-refractivity contribution in [3.05, 3.63) is 65.7 Å². The van der Waals surface area contributed by atoms with Crippen LogP contribution < -0.4 is 10.1 Å². The molecule has 0 atom stereocenters. The van der Waals surface area contributed by atoms with Crippen LogP contribution in [0.15, 0.2) is 59.6 Å². The maximum absolute atomic E-state index is 5.65. The molecule has 150 valence electrons. The van der Waals surface area contributed by atoms with Crippen LogP contribution in [0.5, 0.6) is 5.75 Å². The molecule has 0 spiro atoms. The van der Waals surface area contributed by atoms with Gasteiger partial charge in [-0.05, 0) is 36.1 Å². The van der Waals surface area contributed by atoms with Crippen LogP contribution in [0.2, 0.25) is 0 Å². The lowest BCUT2D eigenvalue weighted by atomic mass is 9.74. The highest BCUT2D eigenvalue weighted by molar-refractivity contribution is 5.79. The molecule has 0 saturated carbocycles. The van der Waals surface area contributed by atoms with Gasteiger partial charge in [0.1, 0.15) is 5.75 Å². The molecule has 3 rings (SSSR count). The third-order valence-electron chi connectivity index (χ3n) is 5.57. The van der Waals surface area contributed by atoms with Crippen LogP contribution in [0.3, 0.4) is 0 Å². The Hall–Kier alpha value is -2.53. The van der Waals surface area contributed by atoms with Gasteiger partial charge in [-0.15, -0.1) is 0 Å². The van der Waals surface area contributed by atoms with Gasteiger partial charge in [0.05, 0.1) is 7.11 Å². The lowest BCUT2D eigenvalue weighted by molar-refractivity contribution is 0.0512. The van der Waals surface area contributed by atoms with Gasteiger partial charge in [-0.1, -0.05) is 42.5 Å². The van der Waals surface area contributed by atoms with E-state index in [-0.39, 0.29) is 5.41 Å². The van der Waals surface area contributed by atoms with Gasteiger partial charge < -0.3 is 19.7 Å². The van der Waals surface area contributed by atoms with Crippen molar-refractivity contribution in [3.63, 3.8) is 0 Å². The maximum atomic E-state index is 5.65. The molecular formula is C23H31N3O2. The zero-order chi connectivity index (χ0) is 19.8. The number of guanidine groups is 1. The summed E-state index contributed by atoms with van der Waals surface area (Å²) in [5.74, 6) is 1.77. The van der Waals surface area contributed by atoms with Crippen LogP contribution in [0.4, 0.5) is 0 Å². The molecule has 0 aliphatic carbocycles. The molecule has 0 radical (unpaired) electrons. The second-order valence-corrected chi connectivity index (χ2v) is 7.36. The highest BCUT2D eigenvalue weighted by Crippen LogP contribution is 2.34. The van der Waals surface area contributed by atoms with E-state index in [1.54, 1.807) is 7.11 Å². The fourth-order valence-electron chi connectivity index (χ4n) is 3.83. The third kappa shape index (κ3) is 4.84. The molecule has 2 aromatic carbocycles. The van der Waals surface area contributed by atoms with Crippen molar-refractivity contribution in [2.75, 3.05) is 41.0 Å². The molecule has 1 heterocycles. The average Bonchev–Trinajstić information content (AvgIpc) is 2.76. The first-order valence-corrected chi connectivity index (χ1v) is 9.85. The number of rotatable bonds is 6. The summed E-state index contributed by atoms with van der Waals surface area (Å²) >= 11 is 0. The zero-order valence-corrected chi connectivity index (χ0v) is 17.1. The molecular weight excluding hydrogens is 350 g/mol. The Kier molecular flexibility index (Phi) is 6.93. The standard InChI is InChI=1S/C23H31N3O2/c1-24-22(26(2)17-19-9-11-21(27-3)12-10-19)25-18-23(13-15-28-16-14-23)20-7-5-4-6-8-20/h4-12H,13-18H2,1-3H3,(H,24,25). The second kappa shape index (κ2) is 9.60. The van der Waals surface area contributed by atoms with Gasteiger partial charge in [-0.3, -0.25) is 4.99 Å². The molecule has 1 saturated heterocycles. The molecule has 0 bridgehead atoms. The van der Waals surface area contributed by atoms with Crippen LogP contribution in [0.25, 0.3) is 0 Å². The molecule has 1 fully saturated rings. The largest absolute Gasteiger partial charge is 0.497 e. The molecule has 1 aliphatic rings. The Bertz CT molecular complexity index is 753. The molecule has 5 nitrogen and oxygen atoms in total. The van der Waals surface area contributed by atoms with Crippen LogP contribution in [0.1, 0.15) is 24.0 Å². The van der Waals surface area contributed by atoms with Gasteiger partial charge in [-0.2, -0.15) is 0 Å². The lowest BCUT2D eigenvalue weighted by Crippen LogP contribution is -2.48. The summed E-state index contributed by atoms with van der Waals surface area (Å²) in [6.45, 7) is 3.23. The van der Waals surface area contributed by atoms with Gasteiger partial charge >= 0.3 is 0 Å². The molecule has 5 heteroatoms. The van der Waals surface area contributed by atoms with Crippen molar-refractivity contribution >= 4 is 5.96 Å². The van der Waals surface area contributed by atoms with Crippen molar-refractivity contribution < 1.29 is 9.47 Å². The van der Waals surface area contributed by atoms with E-state index >= 15 is 0 Å². The normalized spacial score (nSPS) is 16.5. The summed E-state index contributed by atoms with van der Waals surface area (Å²) in [4.78, 5) is 6.66. The SMILES string of the molecule is CN=C(NCC1(c2ccccc2)CCOCC1)N(C)Cc1ccc(OC)cc1. The van der Waals surface area contributed by atoms with Crippen LogP contribution in [-0.4, -0.2) is 51.8 Å². The minimum absolute atomic E-state index is 0.0798. The number of benzene rings is 2. The van der Waals surface area contributed by atoms with Crippen molar-refractivity contribution in [2.24, 2.45) is 4.99 Å². The van der Waals surface area contributed by atoms with Crippen molar-refractivity contribution in [1.29, 1.82) is 0 Å². The van der Waals surface area contributed by atoms with Crippen molar-refractivity contribution in [3.8, 4) is 5.75 Å². The predicted molar refractivity (Wildman–Crippen MR) is 114 cm³/mol. The lowest BCUT2D eigenvalue weighted by Gasteiger charge is -2.39. The first-order chi connectivity index (χ1) is 13.7. The van der Waals surface area contributed by atoms with E-state index in [4.69, 9.17) is 9.47 Å². The molecule has 0 amide bonds. The third-order valence-corrected chi connectivity index (χ3v) is 5.57. The van der Waals surface area contributed by atoms with Gasteiger partial charge in [-0.25, -0.2) is 0 Å². The molecule has 0 unspecified atom stereocenters. The van der Waals surface area contributed by atoms with E-state index in [0.29, 0.717) is 0 Å². The second-order valence-electron chi connectivity index (χ2n) is 7.36. The number of hydrogen-bond donors (Lipinski definition) is 1. The zero-order valence-electron chi connectivity index (χ0n) is 17.1.